The summed E-state index contributed by atoms with van der Waals surface area (Å²) in [4.78, 5) is 3.20. The molecule has 1 aromatic carbocycles. The van der Waals surface area contributed by atoms with Crippen molar-refractivity contribution in [3.05, 3.63) is 30.5 Å². The van der Waals surface area contributed by atoms with E-state index in [1.54, 1.807) is 0 Å². The van der Waals surface area contributed by atoms with E-state index in [1.807, 2.05) is 6.20 Å². The third-order valence-corrected chi connectivity index (χ3v) is 3.62. The topological polar surface area (TPSA) is 48.0 Å². The fourth-order valence-electron chi connectivity index (χ4n) is 2.60. The normalized spacial score (nSPS) is 25.0. The molecule has 3 N–H and O–H groups in total. The summed E-state index contributed by atoms with van der Waals surface area (Å²) in [5.74, 6) is 0. The van der Waals surface area contributed by atoms with Gasteiger partial charge in [0.15, 0.2) is 0 Å². The van der Waals surface area contributed by atoms with Crippen molar-refractivity contribution >= 4 is 16.6 Å². The number of aromatic amines is 1. The molecule has 0 bridgehead atoms. The second-order valence-electron chi connectivity index (χ2n) is 4.93. The van der Waals surface area contributed by atoms with Gasteiger partial charge in [-0.1, -0.05) is 0 Å². The number of nitrogens with one attached hydrogen (secondary N) is 2. The molecule has 0 unspecified atom stereocenters. The molecule has 3 heteroatoms. The highest BCUT2D eigenvalue weighted by Crippen LogP contribution is 2.24. The van der Waals surface area contributed by atoms with Crippen molar-refractivity contribution in [2.45, 2.75) is 37.8 Å². The van der Waals surface area contributed by atoms with Crippen molar-refractivity contribution in [3.8, 4) is 0 Å². The van der Waals surface area contributed by atoms with E-state index < -0.39 is 0 Å². The largest absolute Gasteiger partial charge is 0.393 e. The summed E-state index contributed by atoms with van der Waals surface area (Å²) in [5.41, 5.74) is 2.35. The minimum atomic E-state index is -0.0831. The molecule has 1 aliphatic carbocycles. The first-order valence-corrected chi connectivity index (χ1v) is 6.33. The minimum Gasteiger partial charge on any atom is -0.393 e. The number of fused-ring (bicyclic) bond motifs is 1. The van der Waals surface area contributed by atoms with Gasteiger partial charge in [-0.15, -0.1) is 0 Å². The fourth-order valence-corrected chi connectivity index (χ4v) is 2.60. The van der Waals surface area contributed by atoms with Crippen molar-refractivity contribution in [1.82, 2.24) is 4.98 Å². The highest BCUT2D eigenvalue weighted by molar-refractivity contribution is 5.83. The lowest BCUT2D eigenvalue weighted by Gasteiger charge is -2.27. The molecular weight excluding hydrogens is 212 g/mol. The maximum Gasteiger partial charge on any atom is 0.0541 e. The molecule has 0 atom stereocenters. The zero-order valence-corrected chi connectivity index (χ0v) is 9.82. The van der Waals surface area contributed by atoms with Gasteiger partial charge in [0.2, 0.25) is 0 Å². The zero-order chi connectivity index (χ0) is 11.7. The van der Waals surface area contributed by atoms with Gasteiger partial charge in [-0.05, 0) is 49.9 Å². The van der Waals surface area contributed by atoms with Gasteiger partial charge in [-0.3, -0.25) is 0 Å². The van der Waals surface area contributed by atoms with Gasteiger partial charge < -0.3 is 15.4 Å². The molecule has 1 aliphatic rings. The molecule has 3 nitrogen and oxygen atoms in total. The first-order valence-electron chi connectivity index (χ1n) is 6.33. The Morgan fingerprint density at radius 2 is 1.94 bits per heavy atom. The zero-order valence-electron chi connectivity index (χ0n) is 9.82. The van der Waals surface area contributed by atoms with Crippen LogP contribution in [0.15, 0.2) is 30.5 Å². The Balaban J connectivity index is 1.71. The van der Waals surface area contributed by atoms with Gasteiger partial charge in [0, 0.05) is 28.8 Å². The maximum atomic E-state index is 9.47. The second kappa shape index (κ2) is 4.41. The van der Waals surface area contributed by atoms with E-state index in [9.17, 15) is 5.11 Å². The summed E-state index contributed by atoms with van der Waals surface area (Å²) < 4.78 is 0. The van der Waals surface area contributed by atoms with Gasteiger partial charge in [-0.2, -0.15) is 0 Å². The monoisotopic (exact) mass is 230 g/mol. The van der Waals surface area contributed by atoms with E-state index in [0.717, 1.165) is 25.7 Å². The van der Waals surface area contributed by atoms with E-state index in [0.29, 0.717) is 6.04 Å². The molecule has 0 spiro atoms. The number of aromatic nitrogens is 1. The Hall–Kier alpha value is -1.48. The van der Waals surface area contributed by atoms with Crippen LogP contribution in [-0.2, 0) is 0 Å². The number of aliphatic hydroxyl groups excluding tert-OH is 1. The standard InChI is InChI=1S/C14H18N2O/c17-13-4-1-11(2-5-13)16-12-3-6-14-10(9-12)7-8-15-14/h3,6-9,11,13,15-17H,1-2,4-5H2. The molecule has 3 rings (SSSR count). The molecule has 1 saturated carbocycles. The Morgan fingerprint density at radius 3 is 2.76 bits per heavy atom. The minimum absolute atomic E-state index is 0.0831. The van der Waals surface area contributed by atoms with Crippen LogP contribution >= 0.6 is 0 Å². The van der Waals surface area contributed by atoms with Crippen molar-refractivity contribution in [2.75, 3.05) is 5.32 Å². The highest BCUT2D eigenvalue weighted by atomic mass is 16.3. The van der Waals surface area contributed by atoms with Gasteiger partial charge in [0.1, 0.15) is 0 Å². The van der Waals surface area contributed by atoms with Crippen LogP contribution < -0.4 is 5.32 Å². The van der Waals surface area contributed by atoms with Crippen LogP contribution in [0.5, 0.6) is 0 Å². The first kappa shape index (κ1) is 10.7. The molecule has 0 aliphatic heterocycles. The van der Waals surface area contributed by atoms with E-state index in [1.165, 1.54) is 16.6 Å². The number of rotatable bonds is 2. The quantitative estimate of drug-likeness (QED) is 0.743. The summed E-state index contributed by atoms with van der Waals surface area (Å²) >= 11 is 0. The Labute approximate surface area is 101 Å². The smallest absolute Gasteiger partial charge is 0.0541 e. The maximum absolute atomic E-state index is 9.47. The summed E-state index contributed by atoms with van der Waals surface area (Å²) in [6, 6.07) is 9.00. The van der Waals surface area contributed by atoms with Crippen molar-refractivity contribution < 1.29 is 5.11 Å². The van der Waals surface area contributed by atoms with E-state index in [4.69, 9.17) is 0 Å². The SMILES string of the molecule is OC1CCC(Nc2ccc3[nH]ccc3c2)CC1. The predicted octanol–water partition coefficient (Wildman–Crippen LogP) is 2.88. The Bertz CT molecular complexity index is 498. The first-order chi connectivity index (χ1) is 8.31. The summed E-state index contributed by atoms with van der Waals surface area (Å²) in [5, 5.41) is 14.3. The number of anilines is 1. The molecular formula is C14H18N2O. The van der Waals surface area contributed by atoms with E-state index in [2.05, 4.69) is 34.6 Å². The third-order valence-electron chi connectivity index (χ3n) is 3.62. The number of H-pyrrole nitrogens is 1. The van der Waals surface area contributed by atoms with Gasteiger partial charge in [-0.25, -0.2) is 0 Å². The summed E-state index contributed by atoms with van der Waals surface area (Å²) in [6.07, 6.45) is 5.85. The van der Waals surface area contributed by atoms with Gasteiger partial charge >= 0.3 is 0 Å². The molecule has 2 aromatic rings. The lowest BCUT2D eigenvalue weighted by atomic mass is 9.93. The average Bonchev–Trinajstić information content (AvgIpc) is 2.79. The highest BCUT2D eigenvalue weighted by Gasteiger charge is 2.18. The van der Waals surface area contributed by atoms with Crippen LogP contribution in [0.4, 0.5) is 5.69 Å². The molecule has 0 saturated heterocycles. The third kappa shape index (κ3) is 2.29. The fraction of sp³-hybridized carbons (Fsp3) is 0.429. The van der Waals surface area contributed by atoms with Crippen LogP contribution in [0.3, 0.4) is 0 Å². The molecule has 0 amide bonds. The van der Waals surface area contributed by atoms with Crippen molar-refractivity contribution in [2.24, 2.45) is 0 Å². The molecule has 1 heterocycles. The summed E-state index contributed by atoms with van der Waals surface area (Å²) in [7, 11) is 0. The second-order valence-corrected chi connectivity index (χ2v) is 4.93. The number of aliphatic hydroxyl groups is 1. The number of benzene rings is 1. The molecule has 90 valence electrons. The van der Waals surface area contributed by atoms with Crippen LogP contribution in [0.2, 0.25) is 0 Å². The van der Waals surface area contributed by atoms with Gasteiger partial charge in [0.05, 0.1) is 6.10 Å². The Kier molecular flexibility index (Phi) is 2.77. The predicted molar refractivity (Wildman–Crippen MR) is 70.2 cm³/mol. The number of hydrogen-bond donors (Lipinski definition) is 3. The number of hydrogen-bond acceptors (Lipinski definition) is 2. The molecule has 1 aromatic heterocycles. The molecule has 1 fully saturated rings. The molecule has 0 radical (unpaired) electrons. The van der Waals surface area contributed by atoms with Crippen molar-refractivity contribution in [3.63, 3.8) is 0 Å². The van der Waals surface area contributed by atoms with Crippen LogP contribution in [0.25, 0.3) is 10.9 Å². The lowest BCUT2D eigenvalue weighted by molar-refractivity contribution is 0.126. The Morgan fingerprint density at radius 1 is 1.12 bits per heavy atom. The van der Waals surface area contributed by atoms with Crippen molar-refractivity contribution in [1.29, 1.82) is 0 Å². The van der Waals surface area contributed by atoms with E-state index in [-0.39, 0.29) is 6.10 Å². The molecule has 17 heavy (non-hydrogen) atoms. The van der Waals surface area contributed by atoms with Crippen LogP contribution in [0.1, 0.15) is 25.7 Å². The summed E-state index contributed by atoms with van der Waals surface area (Å²) in [6.45, 7) is 0. The van der Waals surface area contributed by atoms with Crippen LogP contribution in [0, 0.1) is 0 Å². The van der Waals surface area contributed by atoms with Crippen LogP contribution in [-0.4, -0.2) is 22.2 Å². The average molecular weight is 230 g/mol. The van der Waals surface area contributed by atoms with Gasteiger partial charge in [0.25, 0.3) is 0 Å². The lowest BCUT2D eigenvalue weighted by Crippen LogP contribution is -2.28. The van der Waals surface area contributed by atoms with E-state index >= 15 is 0 Å².